The molecule has 4 nitrogen and oxygen atoms in total. The second kappa shape index (κ2) is 5.65. The van der Waals surface area contributed by atoms with E-state index in [4.69, 9.17) is 0 Å². The van der Waals surface area contributed by atoms with Crippen LogP contribution in [0.4, 0.5) is 21.7 Å². The summed E-state index contributed by atoms with van der Waals surface area (Å²) in [7, 11) is 1.80. The predicted molar refractivity (Wildman–Crippen MR) is 75.4 cm³/mol. The first kappa shape index (κ1) is 13.3. The summed E-state index contributed by atoms with van der Waals surface area (Å²) in [6, 6.07) is 4.94. The van der Waals surface area contributed by atoms with E-state index in [2.05, 4.69) is 20.6 Å². The number of aryl methyl sites for hydroxylation is 1. The second-order valence-electron chi connectivity index (χ2n) is 4.26. The van der Waals surface area contributed by atoms with E-state index in [0.717, 1.165) is 23.4 Å². The highest BCUT2D eigenvalue weighted by Crippen LogP contribution is 2.25. The fourth-order valence-electron chi connectivity index (χ4n) is 1.93. The summed E-state index contributed by atoms with van der Waals surface area (Å²) in [5, 5.41) is 6.05. The number of aromatic nitrogens is 2. The van der Waals surface area contributed by atoms with Crippen LogP contribution < -0.4 is 10.6 Å². The van der Waals surface area contributed by atoms with E-state index in [1.165, 1.54) is 12.4 Å². The summed E-state index contributed by atoms with van der Waals surface area (Å²) in [5.74, 6) is 1.09. The molecule has 0 atom stereocenters. The molecule has 0 amide bonds. The lowest BCUT2D eigenvalue weighted by Gasteiger charge is -2.13. The van der Waals surface area contributed by atoms with Crippen molar-refractivity contribution in [2.45, 2.75) is 20.3 Å². The molecule has 5 heteroatoms. The van der Waals surface area contributed by atoms with Gasteiger partial charge in [-0.3, -0.25) is 0 Å². The molecule has 2 aromatic rings. The first-order valence-electron chi connectivity index (χ1n) is 6.20. The molecule has 0 aliphatic heterocycles. The maximum absolute atomic E-state index is 13.8. The van der Waals surface area contributed by atoms with E-state index in [-0.39, 0.29) is 5.82 Å². The van der Waals surface area contributed by atoms with Crippen molar-refractivity contribution in [3.05, 3.63) is 41.5 Å². The summed E-state index contributed by atoms with van der Waals surface area (Å²) >= 11 is 0. The van der Waals surface area contributed by atoms with Crippen LogP contribution in [0.1, 0.15) is 18.1 Å². The largest absolute Gasteiger partial charge is 0.373 e. The lowest BCUT2D eigenvalue weighted by atomic mass is 10.2. The highest BCUT2D eigenvalue weighted by atomic mass is 19.1. The zero-order valence-corrected chi connectivity index (χ0v) is 11.3. The van der Waals surface area contributed by atoms with Gasteiger partial charge in [0.25, 0.3) is 0 Å². The zero-order valence-electron chi connectivity index (χ0n) is 11.3. The van der Waals surface area contributed by atoms with Gasteiger partial charge in [0.2, 0.25) is 0 Å². The predicted octanol–water partition coefficient (Wildman–Crippen LogP) is 3.27. The Hall–Kier alpha value is -2.17. The van der Waals surface area contributed by atoms with Crippen LogP contribution in [0.2, 0.25) is 0 Å². The Kier molecular flexibility index (Phi) is 3.94. The van der Waals surface area contributed by atoms with Gasteiger partial charge >= 0.3 is 0 Å². The molecule has 0 radical (unpaired) electrons. The van der Waals surface area contributed by atoms with E-state index in [0.29, 0.717) is 11.5 Å². The van der Waals surface area contributed by atoms with Gasteiger partial charge in [0.1, 0.15) is 23.8 Å². The smallest absolute Gasteiger partial charge is 0.146 e. The molecule has 0 aliphatic rings. The van der Waals surface area contributed by atoms with E-state index in [1.54, 1.807) is 19.2 Å². The molecule has 0 aliphatic carbocycles. The summed E-state index contributed by atoms with van der Waals surface area (Å²) in [5.41, 5.74) is 2.35. The molecule has 0 spiro atoms. The number of benzene rings is 1. The third-order valence-corrected chi connectivity index (χ3v) is 2.91. The highest BCUT2D eigenvalue weighted by molar-refractivity contribution is 5.65. The van der Waals surface area contributed by atoms with Crippen molar-refractivity contribution in [2.24, 2.45) is 0 Å². The van der Waals surface area contributed by atoms with Gasteiger partial charge in [0.15, 0.2) is 0 Å². The molecule has 2 N–H and O–H groups in total. The maximum Gasteiger partial charge on any atom is 0.146 e. The van der Waals surface area contributed by atoms with Crippen LogP contribution in [0.25, 0.3) is 0 Å². The molecule has 0 fully saturated rings. The van der Waals surface area contributed by atoms with Crippen molar-refractivity contribution in [2.75, 3.05) is 17.7 Å². The summed E-state index contributed by atoms with van der Waals surface area (Å²) in [4.78, 5) is 8.35. The number of hydrogen-bond acceptors (Lipinski definition) is 4. The lowest BCUT2D eigenvalue weighted by Crippen LogP contribution is -2.05. The number of nitrogens with zero attached hydrogens (tertiary/aromatic N) is 2. The molecular weight excluding hydrogens is 243 g/mol. The number of halogens is 1. The molecule has 0 bridgehead atoms. The van der Waals surface area contributed by atoms with Crippen LogP contribution >= 0.6 is 0 Å². The van der Waals surface area contributed by atoms with Crippen molar-refractivity contribution in [1.82, 2.24) is 9.97 Å². The monoisotopic (exact) mass is 260 g/mol. The summed E-state index contributed by atoms with van der Waals surface area (Å²) < 4.78 is 13.8. The Balaban J connectivity index is 2.40. The minimum Gasteiger partial charge on any atom is -0.373 e. The molecule has 1 aromatic heterocycles. The Morgan fingerprint density at radius 3 is 2.63 bits per heavy atom. The minimum absolute atomic E-state index is 0.294. The third kappa shape index (κ3) is 2.81. The van der Waals surface area contributed by atoms with E-state index in [1.807, 2.05) is 13.8 Å². The average molecular weight is 260 g/mol. The molecule has 0 saturated heterocycles. The molecule has 19 heavy (non-hydrogen) atoms. The van der Waals surface area contributed by atoms with Crippen molar-refractivity contribution in [1.29, 1.82) is 0 Å². The van der Waals surface area contributed by atoms with Gasteiger partial charge in [0.05, 0.1) is 5.69 Å². The van der Waals surface area contributed by atoms with Crippen LogP contribution in [-0.4, -0.2) is 17.0 Å². The Bertz CT molecular complexity index is 584. The van der Waals surface area contributed by atoms with Crippen LogP contribution in [0.15, 0.2) is 24.5 Å². The first-order valence-corrected chi connectivity index (χ1v) is 6.20. The van der Waals surface area contributed by atoms with Crippen molar-refractivity contribution < 1.29 is 4.39 Å². The number of rotatable bonds is 4. The molecule has 1 aromatic carbocycles. The van der Waals surface area contributed by atoms with E-state index < -0.39 is 0 Å². The van der Waals surface area contributed by atoms with Gasteiger partial charge in [-0.25, -0.2) is 14.4 Å². The number of hydrogen-bond donors (Lipinski definition) is 2. The number of anilines is 3. The van der Waals surface area contributed by atoms with Crippen molar-refractivity contribution >= 4 is 17.3 Å². The highest BCUT2D eigenvalue weighted by Gasteiger charge is 2.10. The standard InChI is InChI=1S/C14H17FN4/c1-4-10-13(16-3)17-8-18-14(10)19-12-7-9(2)5-6-11(12)15/h5-8H,4H2,1-3H3,(H2,16,17,18,19). The lowest BCUT2D eigenvalue weighted by molar-refractivity contribution is 0.631. The summed E-state index contributed by atoms with van der Waals surface area (Å²) in [6.45, 7) is 3.93. The Labute approximate surface area is 112 Å². The van der Waals surface area contributed by atoms with Gasteiger partial charge in [-0.1, -0.05) is 13.0 Å². The van der Waals surface area contributed by atoms with E-state index >= 15 is 0 Å². The summed E-state index contributed by atoms with van der Waals surface area (Å²) in [6.07, 6.45) is 2.22. The van der Waals surface area contributed by atoms with Gasteiger partial charge in [-0.05, 0) is 31.0 Å². The van der Waals surface area contributed by atoms with E-state index in [9.17, 15) is 4.39 Å². The average Bonchev–Trinajstić information content (AvgIpc) is 2.42. The molecule has 100 valence electrons. The first-order chi connectivity index (χ1) is 9.15. The SMILES string of the molecule is CCc1c(NC)ncnc1Nc1cc(C)ccc1F. The van der Waals surface area contributed by atoms with Crippen LogP contribution in [-0.2, 0) is 6.42 Å². The van der Waals surface area contributed by atoms with Gasteiger partial charge in [-0.15, -0.1) is 0 Å². The topological polar surface area (TPSA) is 49.8 Å². The molecule has 0 unspecified atom stereocenters. The quantitative estimate of drug-likeness (QED) is 0.885. The van der Waals surface area contributed by atoms with Crippen molar-refractivity contribution in [3.63, 3.8) is 0 Å². The fourth-order valence-corrected chi connectivity index (χ4v) is 1.93. The minimum atomic E-state index is -0.294. The molecule has 2 rings (SSSR count). The Morgan fingerprint density at radius 2 is 1.95 bits per heavy atom. The van der Waals surface area contributed by atoms with Gasteiger partial charge in [-0.2, -0.15) is 0 Å². The van der Waals surface area contributed by atoms with Crippen LogP contribution in [0, 0.1) is 12.7 Å². The molecule has 0 saturated carbocycles. The zero-order chi connectivity index (χ0) is 13.8. The van der Waals surface area contributed by atoms with Crippen LogP contribution in [0.5, 0.6) is 0 Å². The van der Waals surface area contributed by atoms with Crippen molar-refractivity contribution in [3.8, 4) is 0 Å². The normalized spacial score (nSPS) is 10.3. The van der Waals surface area contributed by atoms with Gasteiger partial charge in [0, 0.05) is 12.6 Å². The van der Waals surface area contributed by atoms with Crippen LogP contribution in [0.3, 0.4) is 0 Å². The third-order valence-electron chi connectivity index (χ3n) is 2.91. The fraction of sp³-hybridized carbons (Fsp3) is 0.286. The Morgan fingerprint density at radius 1 is 1.21 bits per heavy atom. The second-order valence-corrected chi connectivity index (χ2v) is 4.26. The maximum atomic E-state index is 13.8. The molecular formula is C14H17FN4. The molecule has 1 heterocycles. The number of nitrogens with one attached hydrogen (secondary N) is 2. The van der Waals surface area contributed by atoms with Gasteiger partial charge < -0.3 is 10.6 Å².